The zero-order valence-corrected chi connectivity index (χ0v) is 12.1. The average Bonchev–Trinajstić information content (AvgIpc) is 2.90. The molecule has 1 saturated heterocycles. The molecule has 1 aromatic carbocycles. The van der Waals surface area contributed by atoms with Gasteiger partial charge < -0.3 is 14.6 Å². The first kappa shape index (κ1) is 13.8. The molecular formula is C14H19BrO3. The maximum Gasteiger partial charge on any atom is 0.133 e. The summed E-state index contributed by atoms with van der Waals surface area (Å²) in [6, 6.07) is 5.71. The molecule has 0 bridgehead atoms. The van der Waals surface area contributed by atoms with Crippen molar-refractivity contribution in [1.29, 1.82) is 0 Å². The molecule has 0 aliphatic carbocycles. The SMILES string of the molecule is CCCOc1ccc(C(O)C2CCCO2)cc1Br. The summed E-state index contributed by atoms with van der Waals surface area (Å²) in [6.45, 7) is 3.52. The Morgan fingerprint density at radius 1 is 1.56 bits per heavy atom. The number of hydrogen-bond acceptors (Lipinski definition) is 3. The number of rotatable bonds is 5. The van der Waals surface area contributed by atoms with E-state index in [2.05, 4.69) is 22.9 Å². The van der Waals surface area contributed by atoms with Crippen LogP contribution in [0.3, 0.4) is 0 Å². The van der Waals surface area contributed by atoms with E-state index in [4.69, 9.17) is 9.47 Å². The van der Waals surface area contributed by atoms with Crippen LogP contribution in [-0.4, -0.2) is 24.4 Å². The second kappa shape index (κ2) is 6.55. The quantitative estimate of drug-likeness (QED) is 0.904. The first-order valence-electron chi connectivity index (χ1n) is 6.44. The van der Waals surface area contributed by atoms with Crippen molar-refractivity contribution < 1.29 is 14.6 Å². The second-order valence-electron chi connectivity index (χ2n) is 4.53. The fraction of sp³-hybridized carbons (Fsp3) is 0.571. The molecule has 1 fully saturated rings. The van der Waals surface area contributed by atoms with Crippen LogP contribution in [-0.2, 0) is 4.74 Å². The van der Waals surface area contributed by atoms with Crippen LogP contribution in [0.25, 0.3) is 0 Å². The summed E-state index contributed by atoms with van der Waals surface area (Å²) in [5, 5.41) is 10.2. The van der Waals surface area contributed by atoms with Gasteiger partial charge in [-0.2, -0.15) is 0 Å². The summed E-state index contributed by atoms with van der Waals surface area (Å²) in [4.78, 5) is 0. The lowest BCUT2D eigenvalue weighted by Gasteiger charge is -2.18. The highest BCUT2D eigenvalue weighted by Crippen LogP contribution is 2.32. The topological polar surface area (TPSA) is 38.7 Å². The van der Waals surface area contributed by atoms with E-state index < -0.39 is 6.10 Å². The molecule has 0 amide bonds. The van der Waals surface area contributed by atoms with Crippen molar-refractivity contribution in [2.75, 3.05) is 13.2 Å². The maximum atomic E-state index is 10.2. The largest absolute Gasteiger partial charge is 0.492 e. The summed E-state index contributed by atoms with van der Waals surface area (Å²) in [7, 11) is 0. The number of hydrogen-bond donors (Lipinski definition) is 1. The Balaban J connectivity index is 2.07. The Kier molecular flexibility index (Phi) is 5.03. The lowest BCUT2D eigenvalue weighted by atomic mass is 10.0. The van der Waals surface area contributed by atoms with E-state index in [0.29, 0.717) is 6.61 Å². The lowest BCUT2D eigenvalue weighted by Crippen LogP contribution is -2.17. The molecule has 2 rings (SSSR count). The third-order valence-electron chi connectivity index (χ3n) is 3.08. The smallest absolute Gasteiger partial charge is 0.133 e. The summed E-state index contributed by atoms with van der Waals surface area (Å²) in [6.07, 6.45) is 2.31. The van der Waals surface area contributed by atoms with Gasteiger partial charge in [0.15, 0.2) is 0 Å². The van der Waals surface area contributed by atoms with Gasteiger partial charge in [0.2, 0.25) is 0 Å². The van der Waals surface area contributed by atoms with Crippen LogP contribution in [0.5, 0.6) is 5.75 Å². The number of aliphatic hydroxyl groups is 1. The monoisotopic (exact) mass is 314 g/mol. The van der Waals surface area contributed by atoms with E-state index in [1.54, 1.807) is 0 Å². The summed E-state index contributed by atoms with van der Waals surface area (Å²) in [5.41, 5.74) is 0.873. The predicted molar refractivity (Wildman–Crippen MR) is 73.9 cm³/mol. The van der Waals surface area contributed by atoms with Crippen LogP contribution in [0.1, 0.15) is 37.9 Å². The average molecular weight is 315 g/mol. The fourth-order valence-electron chi connectivity index (χ4n) is 2.10. The van der Waals surface area contributed by atoms with Gasteiger partial charge in [0, 0.05) is 6.61 Å². The molecule has 18 heavy (non-hydrogen) atoms. The fourth-order valence-corrected chi connectivity index (χ4v) is 2.61. The summed E-state index contributed by atoms with van der Waals surface area (Å²) >= 11 is 3.48. The van der Waals surface area contributed by atoms with Crippen LogP contribution in [0.2, 0.25) is 0 Å². The minimum Gasteiger partial charge on any atom is -0.492 e. The molecule has 1 heterocycles. The van der Waals surface area contributed by atoms with Gasteiger partial charge in [-0.15, -0.1) is 0 Å². The van der Waals surface area contributed by atoms with Gasteiger partial charge in [-0.3, -0.25) is 0 Å². The van der Waals surface area contributed by atoms with Crippen molar-refractivity contribution in [3.63, 3.8) is 0 Å². The molecule has 1 aliphatic heterocycles. The molecule has 100 valence electrons. The Hall–Kier alpha value is -0.580. The van der Waals surface area contributed by atoms with Crippen LogP contribution in [0, 0.1) is 0 Å². The molecule has 0 saturated carbocycles. The number of benzene rings is 1. The Labute approximate surface area is 116 Å². The number of halogens is 1. The molecule has 2 unspecified atom stereocenters. The summed E-state index contributed by atoms with van der Waals surface area (Å²) < 4.78 is 12.0. The third kappa shape index (κ3) is 3.25. The van der Waals surface area contributed by atoms with Crippen molar-refractivity contribution in [3.05, 3.63) is 28.2 Å². The molecular weight excluding hydrogens is 296 g/mol. The van der Waals surface area contributed by atoms with Gasteiger partial charge in [0.05, 0.1) is 17.2 Å². The minimum atomic E-state index is -0.552. The zero-order valence-electron chi connectivity index (χ0n) is 10.6. The summed E-state index contributed by atoms with van der Waals surface area (Å²) in [5.74, 6) is 0.820. The highest BCUT2D eigenvalue weighted by Gasteiger charge is 2.25. The van der Waals surface area contributed by atoms with E-state index >= 15 is 0 Å². The van der Waals surface area contributed by atoms with E-state index in [0.717, 1.165) is 41.7 Å². The van der Waals surface area contributed by atoms with Crippen LogP contribution in [0.15, 0.2) is 22.7 Å². The molecule has 3 nitrogen and oxygen atoms in total. The van der Waals surface area contributed by atoms with Crippen LogP contribution >= 0.6 is 15.9 Å². The van der Waals surface area contributed by atoms with Gasteiger partial charge in [0.25, 0.3) is 0 Å². The van der Waals surface area contributed by atoms with Crippen molar-refractivity contribution in [2.24, 2.45) is 0 Å². The number of aliphatic hydroxyl groups excluding tert-OH is 1. The van der Waals surface area contributed by atoms with Gasteiger partial charge in [0.1, 0.15) is 11.9 Å². The second-order valence-corrected chi connectivity index (χ2v) is 5.39. The van der Waals surface area contributed by atoms with Gasteiger partial charge >= 0.3 is 0 Å². The Morgan fingerprint density at radius 3 is 3.00 bits per heavy atom. The first-order chi connectivity index (χ1) is 8.72. The molecule has 2 atom stereocenters. The minimum absolute atomic E-state index is 0.0701. The normalized spacial score (nSPS) is 20.9. The van der Waals surface area contributed by atoms with Gasteiger partial charge in [-0.1, -0.05) is 13.0 Å². The Bertz CT molecular complexity index is 389. The van der Waals surface area contributed by atoms with Crippen molar-refractivity contribution in [1.82, 2.24) is 0 Å². The lowest BCUT2D eigenvalue weighted by molar-refractivity contribution is -0.00263. The van der Waals surface area contributed by atoms with Gasteiger partial charge in [-0.25, -0.2) is 0 Å². The molecule has 4 heteroatoms. The molecule has 1 aliphatic rings. The molecule has 0 aromatic heterocycles. The van der Waals surface area contributed by atoms with E-state index in [1.165, 1.54) is 0 Å². The molecule has 0 spiro atoms. The van der Waals surface area contributed by atoms with E-state index in [9.17, 15) is 5.11 Å². The van der Waals surface area contributed by atoms with E-state index in [-0.39, 0.29) is 6.10 Å². The van der Waals surface area contributed by atoms with Crippen molar-refractivity contribution in [2.45, 2.75) is 38.4 Å². The van der Waals surface area contributed by atoms with Crippen LogP contribution in [0.4, 0.5) is 0 Å². The van der Waals surface area contributed by atoms with E-state index in [1.807, 2.05) is 18.2 Å². The standard InChI is InChI=1S/C14H19BrO3/c1-2-7-17-12-6-5-10(9-11(12)15)14(16)13-4-3-8-18-13/h5-6,9,13-14,16H,2-4,7-8H2,1H3. The molecule has 1 aromatic rings. The maximum absolute atomic E-state index is 10.2. The van der Waals surface area contributed by atoms with Gasteiger partial charge in [-0.05, 0) is 52.9 Å². The first-order valence-corrected chi connectivity index (χ1v) is 7.23. The third-order valence-corrected chi connectivity index (χ3v) is 3.70. The zero-order chi connectivity index (χ0) is 13.0. The molecule has 1 N–H and O–H groups in total. The number of ether oxygens (including phenoxy) is 2. The predicted octanol–water partition coefficient (Wildman–Crippen LogP) is 3.45. The highest BCUT2D eigenvalue weighted by atomic mass is 79.9. The van der Waals surface area contributed by atoms with Crippen molar-refractivity contribution in [3.8, 4) is 5.75 Å². The highest BCUT2D eigenvalue weighted by molar-refractivity contribution is 9.10. The Morgan fingerprint density at radius 2 is 2.39 bits per heavy atom. The molecule has 0 radical (unpaired) electrons. The van der Waals surface area contributed by atoms with Crippen LogP contribution < -0.4 is 4.74 Å². The van der Waals surface area contributed by atoms with Crippen molar-refractivity contribution >= 4 is 15.9 Å².